The third-order valence-electron chi connectivity index (χ3n) is 3.53. The molecule has 0 unspecified atom stereocenters. The van der Waals surface area contributed by atoms with Gasteiger partial charge in [-0.1, -0.05) is 36.0 Å². The van der Waals surface area contributed by atoms with Crippen molar-refractivity contribution < 1.29 is 0 Å². The molecule has 1 aromatic rings. The van der Waals surface area contributed by atoms with Crippen LogP contribution in [0.3, 0.4) is 0 Å². The molecule has 2 rings (SSSR count). The molecule has 0 spiro atoms. The molecule has 100 valence electrons. The van der Waals surface area contributed by atoms with Crippen molar-refractivity contribution in [1.82, 2.24) is 4.98 Å². The quantitative estimate of drug-likeness (QED) is 0.900. The smallest absolute Gasteiger partial charge is 0.150 e. The second-order valence-corrected chi connectivity index (χ2v) is 5.41. The minimum atomic E-state index is 0.561. The van der Waals surface area contributed by atoms with Crippen LogP contribution >= 0.6 is 23.2 Å². The monoisotopic (exact) mass is 287 g/mol. The zero-order valence-corrected chi connectivity index (χ0v) is 12.4. The average molecular weight is 288 g/mol. The van der Waals surface area contributed by atoms with Crippen LogP contribution < -0.4 is 10.2 Å². The maximum absolute atomic E-state index is 6.29. The van der Waals surface area contributed by atoms with Crippen molar-refractivity contribution in [3.05, 3.63) is 16.1 Å². The number of nitrogens with one attached hydrogen (secondary N) is 1. The third-order valence-corrected chi connectivity index (χ3v) is 4.09. The average Bonchev–Trinajstić information content (AvgIpc) is 2.86. The highest BCUT2D eigenvalue weighted by Gasteiger charge is 2.24. The van der Waals surface area contributed by atoms with Gasteiger partial charge in [0, 0.05) is 19.6 Å². The first-order chi connectivity index (χ1) is 8.67. The summed E-state index contributed by atoms with van der Waals surface area (Å²) in [7, 11) is 1.82. The molecule has 1 N–H and O–H groups in total. The van der Waals surface area contributed by atoms with Crippen LogP contribution in [0.2, 0.25) is 10.0 Å². The van der Waals surface area contributed by atoms with Gasteiger partial charge in [-0.3, -0.25) is 0 Å². The molecular weight excluding hydrogens is 269 g/mol. The van der Waals surface area contributed by atoms with E-state index in [0.717, 1.165) is 12.4 Å². The molecule has 1 aromatic heterocycles. The molecule has 1 aliphatic carbocycles. The molecule has 0 aromatic carbocycles. The normalized spacial score (nSPS) is 16.0. The van der Waals surface area contributed by atoms with Crippen LogP contribution in [0, 0.1) is 0 Å². The van der Waals surface area contributed by atoms with Gasteiger partial charge in [0.1, 0.15) is 11.6 Å². The van der Waals surface area contributed by atoms with Gasteiger partial charge in [-0.2, -0.15) is 0 Å². The summed E-state index contributed by atoms with van der Waals surface area (Å²) in [5, 5.41) is 4.20. The number of aromatic nitrogens is 1. The van der Waals surface area contributed by atoms with Crippen molar-refractivity contribution in [2.24, 2.45) is 0 Å². The van der Waals surface area contributed by atoms with Gasteiger partial charge in [0.15, 0.2) is 0 Å². The predicted octanol–water partition coefficient (Wildman–Crippen LogP) is 4.20. The van der Waals surface area contributed by atoms with Crippen LogP contribution in [0.25, 0.3) is 0 Å². The lowest BCUT2D eigenvalue weighted by molar-refractivity contribution is 0.613. The van der Waals surface area contributed by atoms with E-state index in [1.807, 2.05) is 7.05 Å². The lowest BCUT2D eigenvalue weighted by Gasteiger charge is -2.30. The fourth-order valence-electron chi connectivity index (χ4n) is 2.63. The number of hydrogen-bond acceptors (Lipinski definition) is 3. The van der Waals surface area contributed by atoms with Crippen LogP contribution in [-0.4, -0.2) is 24.6 Å². The van der Waals surface area contributed by atoms with Gasteiger partial charge in [0.05, 0.1) is 10.0 Å². The SMILES string of the molecule is CCN(c1nc(NC)c(Cl)cc1Cl)C1CCCC1. The zero-order chi connectivity index (χ0) is 13.1. The van der Waals surface area contributed by atoms with Crippen LogP contribution in [-0.2, 0) is 0 Å². The molecule has 1 aliphatic rings. The Balaban J connectivity index is 2.34. The summed E-state index contributed by atoms with van der Waals surface area (Å²) in [6.07, 6.45) is 5.04. The van der Waals surface area contributed by atoms with Gasteiger partial charge in [-0.15, -0.1) is 0 Å². The molecule has 0 amide bonds. The first-order valence-corrected chi connectivity index (χ1v) is 7.23. The van der Waals surface area contributed by atoms with Crippen molar-refractivity contribution in [3.8, 4) is 0 Å². The largest absolute Gasteiger partial charge is 0.372 e. The highest BCUT2D eigenvalue weighted by atomic mass is 35.5. The highest BCUT2D eigenvalue weighted by molar-refractivity contribution is 6.37. The minimum Gasteiger partial charge on any atom is -0.372 e. The summed E-state index contributed by atoms with van der Waals surface area (Å²) in [4.78, 5) is 6.86. The number of anilines is 2. The van der Waals surface area contributed by atoms with Crippen molar-refractivity contribution in [2.45, 2.75) is 38.6 Å². The molecule has 1 heterocycles. The fraction of sp³-hybridized carbons (Fsp3) is 0.615. The van der Waals surface area contributed by atoms with E-state index >= 15 is 0 Å². The Hall–Kier alpha value is -0.670. The Labute approximate surface area is 118 Å². The van der Waals surface area contributed by atoms with E-state index in [1.54, 1.807) is 6.07 Å². The molecule has 18 heavy (non-hydrogen) atoms. The van der Waals surface area contributed by atoms with Crippen LogP contribution in [0.4, 0.5) is 11.6 Å². The molecule has 5 heteroatoms. The van der Waals surface area contributed by atoms with E-state index in [-0.39, 0.29) is 0 Å². The first kappa shape index (κ1) is 13.8. The maximum Gasteiger partial charge on any atom is 0.150 e. The molecular formula is C13H19Cl2N3. The van der Waals surface area contributed by atoms with E-state index in [4.69, 9.17) is 23.2 Å². The second-order valence-electron chi connectivity index (χ2n) is 4.60. The number of nitrogens with zero attached hydrogens (tertiary/aromatic N) is 2. The summed E-state index contributed by atoms with van der Waals surface area (Å²) in [5.74, 6) is 1.53. The van der Waals surface area contributed by atoms with Gasteiger partial charge >= 0.3 is 0 Å². The van der Waals surface area contributed by atoms with E-state index in [0.29, 0.717) is 21.9 Å². The van der Waals surface area contributed by atoms with Gasteiger partial charge < -0.3 is 10.2 Å². The predicted molar refractivity (Wildman–Crippen MR) is 79.1 cm³/mol. The van der Waals surface area contributed by atoms with Gasteiger partial charge in [-0.05, 0) is 25.8 Å². The lowest BCUT2D eigenvalue weighted by Crippen LogP contribution is -2.34. The van der Waals surface area contributed by atoms with E-state index in [9.17, 15) is 0 Å². The maximum atomic E-state index is 6.29. The molecule has 0 saturated heterocycles. The van der Waals surface area contributed by atoms with Crippen molar-refractivity contribution in [1.29, 1.82) is 0 Å². The first-order valence-electron chi connectivity index (χ1n) is 6.47. The van der Waals surface area contributed by atoms with E-state index in [2.05, 4.69) is 22.1 Å². The Kier molecular flexibility index (Phi) is 4.57. The van der Waals surface area contributed by atoms with Crippen LogP contribution in [0.5, 0.6) is 0 Å². The van der Waals surface area contributed by atoms with Crippen LogP contribution in [0.1, 0.15) is 32.6 Å². The van der Waals surface area contributed by atoms with Crippen molar-refractivity contribution >= 4 is 34.8 Å². The molecule has 1 fully saturated rings. The van der Waals surface area contributed by atoms with Crippen LogP contribution in [0.15, 0.2) is 6.07 Å². The second kappa shape index (κ2) is 5.98. The zero-order valence-electron chi connectivity index (χ0n) is 10.8. The molecule has 0 radical (unpaired) electrons. The Morgan fingerprint density at radius 1 is 1.33 bits per heavy atom. The fourth-order valence-corrected chi connectivity index (χ4v) is 3.19. The third kappa shape index (κ3) is 2.67. The summed E-state index contributed by atoms with van der Waals surface area (Å²) < 4.78 is 0. The summed E-state index contributed by atoms with van der Waals surface area (Å²) in [6.45, 7) is 3.06. The molecule has 0 aliphatic heterocycles. The standard InChI is InChI=1S/C13H19Cl2N3/c1-3-18(9-6-4-5-7-9)13-11(15)8-10(14)12(16-2)17-13/h8-9H,3-7H2,1-2H3,(H,16,17). The molecule has 3 nitrogen and oxygen atoms in total. The Morgan fingerprint density at radius 2 is 2.00 bits per heavy atom. The Morgan fingerprint density at radius 3 is 2.56 bits per heavy atom. The van der Waals surface area contributed by atoms with Gasteiger partial charge in [0.2, 0.25) is 0 Å². The van der Waals surface area contributed by atoms with E-state index < -0.39 is 0 Å². The minimum absolute atomic E-state index is 0.561. The van der Waals surface area contributed by atoms with Gasteiger partial charge in [0.25, 0.3) is 0 Å². The summed E-state index contributed by atoms with van der Waals surface area (Å²) in [6, 6.07) is 2.33. The van der Waals surface area contributed by atoms with Gasteiger partial charge in [-0.25, -0.2) is 4.98 Å². The molecule has 0 atom stereocenters. The summed E-state index contributed by atoms with van der Waals surface area (Å²) >= 11 is 12.4. The number of halogens is 2. The topological polar surface area (TPSA) is 28.2 Å². The lowest BCUT2D eigenvalue weighted by atomic mass is 10.2. The summed E-state index contributed by atoms with van der Waals surface area (Å²) in [5.41, 5.74) is 0. The Bertz CT molecular complexity index is 417. The number of hydrogen-bond donors (Lipinski definition) is 1. The highest BCUT2D eigenvalue weighted by Crippen LogP contribution is 2.35. The van der Waals surface area contributed by atoms with Crippen molar-refractivity contribution in [2.75, 3.05) is 23.8 Å². The molecule has 0 bridgehead atoms. The van der Waals surface area contributed by atoms with Crippen molar-refractivity contribution in [3.63, 3.8) is 0 Å². The number of rotatable bonds is 4. The molecule has 1 saturated carbocycles. The van der Waals surface area contributed by atoms with E-state index in [1.165, 1.54) is 25.7 Å². The number of pyridine rings is 1.